The molecule has 4 aromatic rings. The zero-order valence-electron chi connectivity index (χ0n) is 16.1. The normalized spacial score (nSPS) is 11.1. The first-order valence-electron chi connectivity index (χ1n) is 9.45. The van der Waals surface area contributed by atoms with E-state index in [9.17, 15) is 4.79 Å². The zero-order valence-corrected chi connectivity index (χ0v) is 16.1. The van der Waals surface area contributed by atoms with Crippen LogP contribution in [0.1, 0.15) is 29.5 Å². The quantitative estimate of drug-likeness (QED) is 0.517. The van der Waals surface area contributed by atoms with Crippen LogP contribution in [0.2, 0.25) is 0 Å². The highest BCUT2D eigenvalue weighted by Gasteiger charge is 2.18. The number of pyridine rings is 1. The van der Waals surface area contributed by atoms with Gasteiger partial charge in [0.1, 0.15) is 11.5 Å². The minimum atomic E-state index is 0.00158. The molecule has 0 saturated heterocycles. The fraction of sp³-hybridized carbons (Fsp3) is 0.227. The Morgan fingerprint density at radius 3 is 2.64 bits per heavy atom. The minimum absolute atomic E-state index is 0.00158. The van der Waals surface area contributed by atoms with E-state index in [1.807, 2.05) is 82.0 Å². The summed E-state index contributed by atoms with van der Waals surface area (Å²) in [6, 6.07) is 13.8. The lowest BCUT2D eigenvalue weighted by atomic mass is 10.2. The second-order valence-corrected chi connectivity index (χ2v) is 6.86. The molecule has 0 atom stereocenters. The molecule has 0 saturated carbocycles. The number of fused-ring (bicyclic) bond motifs is 1. The molecule has 0 fully saturated rings. The maximum atomic E-state index is 13.1. The maximum Gasteiger partial charge on any atom is 0.255 e. The minimum Gasteiger partial charge on any atom is -0.337 e. The van der Waals surface area contributed by atoms with Crippen LogP contribution < -0.4 is 0 Å². The molecule has 28 heavy (non-hydrogen) atoms. The summed E-state index contributed by atoms with van der Waals surface area (Å²) in [4.78, 5) is 24.0. The van der Waals surface area contributed by atoms with Crippen molar-refractivity contribution in [3.8, 4) is 11.3 Å². The maximum absolute atomic E-state index is 13.1. The summed E-state index contributed by atoms with van der Waals surface area (Å²) in [5, 5.41) is 0. The first-order valence-corrected chi connectivity index (χ1v) is 9.45. The van der Waals surface area contributed by atoms with Crippen LogP contribution in [0.4, 0.5) is 0 Å². The Kier molecular flexibility index (Phi) is 4.93. The number of nitrogens with zero attached hydrogens (tertiary/aromatic N) is 5. The predicted octanol–water partition coefficient (Wildman–Crippen LogP) is 3.79. The van der Waals surface area contributed by atoms with Crippen molar-refractivity contribution >= 4 is 11.6 Å². The average Bonchev–Trinajstić information content (AvgIpc) is 3.33. The number of amides is 1. The monoisotopic (exact) mass is 373 g/mol. The Bertz CT molecular complexity index is 1100. The highest BCUT2D eigenvalue weighted by Crippen LogP contribution is 2.20. The van der Waals surface area contributed by atoms with Gasteiger partial charge in [0.25, 0.3) is 5.91 Å². The Labute approximate surface area is 164 Å². The molecule has 3 heterocycles. The van der Waals surface area contributed by atoms with E-state index < -0.39 is 0 Å². The van der Waals surface area contributed by atoms with Gasteiger partial charge >= 0.3 is 0 Å². The van der Waals surface area contributed by atoms with Crippen molar-refractivity contribution in [1.29, 1.82) is 0 Å². The number of hydrogen-bond donors (Lipinski definition) is 0. The van der Waals surface area contributed by atoms with Gasteiger partial charge in [-0.2, -0.15) is 0 Å². The molecule has 0 unspecified atom stereocenters. The average molecular weight is 373 g/mol. The van der Waals surface area contributed by atoms with Crippen LogP contribution in [0.15, 0.2) is 67.3 Å². The number of rotatable bonds is 6. The van der Waals surface area contributed by atoms with Gasteiger partial charge < -0.3 is 13.9 Å². The molecular weight excluding hydrogens is 350 g/mol. The third kappa shape index (κ3) is 3.53. The van der Waals surface area contributed by atoms with Crippen molar-refractivity contribution in [2.45, 2.75) is 19.9 Å². The molecule has 0 aliphatic heterocycles. The van der Waals surface area contributed by atoms with Gasteiger partial charge in [-0.3, -0.25) is 4.79 Å². The molecule has 1 aromatic carbocycles. The summed E-state index contributed by atoms with van der Waals surface area (Å²) >= 11 is 0. The van der Waals surface area contributed by atoms with Crippen LogP contribution in [-0.4, -0.2) is 36.3 Å². The lowest BCUT2D eigenvalue weighted by Crippen LogP contribution is -2.32. The predicted molar refractivity (Wildman–Crippen MR) is 109 cm³/mol. The van der Waals surface area contributed by atoms with Crippen molar-refractivity contribution in [1.82, 2.24) is 23.8 Å². The van der Waals surface area contributed by atoms with Crippen LogP contribution in [0.5, 0.6) is 0 Å². The summed E-state index contributed by atoms with van der Waals surface area (Å²) in [6.45, 7) is 3.25. The Hall–Kier alpha value is -3.41. The number of carbonyl (C=O) groups is 1. The van der Waals surface area contributed by atoms with Crippen LogP contribution >= 0.6 is 0 Å². The molecule has 142 valence electrons. The molecule has 0 bridgehead atoms. The smallest absolute Gasteiger partial charge is 0.255 e. The number of aryl methyl sites for hydroxylation is 1. The van der Waals surface area contributed by atoms with E-state index in [2.05, 4.69) is 16.9 Å². The van der Waals surface area contributed by atoms with Gasteiger partial charge in [-0.05, 0) is 18.6 Å². The van der Waals surface area contributed by atoms with Crippen molar-refractivity contribution < 1.29 is 4.79 Å². The largest absolute Gasteiger partial charge is 0.337 e. The van der Waals surface area contributed by atoms with Crippen molar-refractivity contribution in [3.05, 3.63) is 78.6 Å². The van der Waals surface area contributed by atoms with Gasteiger partial charge in [-0.15, -0.1) is 0 Å². The molecule has 0 aliphatic rings. The third-order valence-electron chi connectivity index (χ3n) is 4.80. The van der Waals surface area contributed by atoms with Crippen LogP contribution in [0.3, 0.4) is 0 Å². The molecule has 0 N–H and O–H groups in total. The first kappa shape index (κ1) is 18.0. The third-order valence-corrected chi connectivity index (χ3v) is 4.80. The van der Waals surface area contributed by atoms with Gasteiger partial charge in [0.15, 0.2) is 0 Å². The van der Waals surface area contributed by atoms with Crippen molar-refractivity contribution in [3.63, 3.8) is 0 Å². The summed E-state index contributed by atoms with van der Waals surface area (Å²) in [7, 11) is 1.94. The van der Waals surface area contributed by atoms with E-state index >= 15 is 0 Å². The van der Waals surface area contributed by atoms with E-state index in [4.69, 9.17) is 0 Å². The lowest BCUT2D eigenvalue weighted by molar-refractivity contribution is 0.0737. The van der Waals surface area contributed by atoms with E-state index in [0.29, 0.717) is 18.7 Å². The lowest BCUT2D eigenvalue weighted by Gasteiger charge is -2.22. The molecule has 4 rings (SSSR count). The van der Waals surface area contributed by atoms with E-state index in [0.717, 1.165) is 29.1 Å². The second kappa shape index (κ2) is 7.68. The second-order valence-electron chi connectivity index (χ2n) is 6.86. The molecule has 1 amide bonds. The molecule has 6 nitrogen and oxygen atoms in total. The van der Waals surface area contributed by atoms with Gasteiger partial charge in [0, 0.05) is 43.9 Å². The number of carbonyl (C=O) groups excluding carboxylic acids is 1. The van der Waals surface area contributed by atoms with Gasteiger partial charge in [-0.1, -0.05) is 37.3 Å². The van der Waals surface area contributed by atoms with Gasteiger partial charge in [0.2, 0.25) is 0 Å². The van der Waals surface area contributed by atoms with Crippen molar-refractivity contribution in [2.24, 2.45) is 7.05 Å². The number of aromatic nitrogens is 4. The molecule has 6 heteroatoms. The van der Waals surface area contributed by atoms with Crippen LogP contribution in [0, 0.1) is 0 Å². The van der Waals surface area contributed by atoms with Crippen molar-refractivity contribution in [2.75, 3.05) is 6.54 Å². The topological polar surface area (TPSA) is 55.4 Å². The van der Waals surface area contributed by atoms with Crippen LogP contribution in [0.25, 0.3) is 16.9 Å². The van der Waals surface area contributed by atoms with E-state index in [-0.39, 0.29) is 5.91 Å². The molecule has 0 aliphatic carbocycles. The SMILES string of the molecule is CCCN(Cc1nccn1C)C(=O)c1ccc2nc(-c3ccccc3)cn2c1. The fourth-order valence-electron chi connectivity index (χ4n) is 3.29. The first-order chi connectivity index (χ1) is 13.7. The van der Waals surface area contributed by atoms with E-state index in [1.165, 1.54) is 0 Å². The van der Waals surface area contributed by atoms with Gasteiger partial charge in [0.05, 0.1) is 17.8 Å². The highest BCUT2D eigenvalue weighted by molar-refractivity contribution is 5.94. The Balaban J connectivity index is 1.63. The van der Waals surface area contributed by atoms with Gasteiger partial charge in [-0.25, -0.2) is 9.97 Å². The summed E-state index contributed by atoms with van der Waals surface area (Å²) in [6.07, 6.45) is 8.36. The Morgan fingerprint density at radius 1 is 1.11 bits per heavy atom. The number of imidazole rings is 2. The summed E-state index contributed by atoms with van der Waals surface area (Å²) in [5.41, 5.74) is 3.42. The number of hydrogen-bond acceptors (Lipinski definition) is 3. The molecule has 0 spiro atoms. The van der Waals surface area contributed by atoms with E-state index in [1.54, 1.807) is 6.20 Å². The molecule has 3 aromatic heterocycles. The Morgan fingerprint density at radius 2 is 1.93 bits per heavy atom. The standard InChI is InChI=1S/C22H23N5O/c1-3-12-26(16-21-23-11-13-25(21)2)22(28)18-9-10-20-24-19(15-27(20)14-18)17-7-5-4-6-8-17/h4-11,13-15H,3,12,16H2,1-2H3. The fourth-order valence-corrected chi connectivity index (χ4v) is 3.29. The summed E-state index contributed by atoms with van der Waals surface area (Å²) in [5.74, 6) is 0.874. The van der Waals surface area contributed by atoms with Crippen LogP contribution in [-0.2, 0) is 13.6 Å². The highest BCUT2D eigenvalue weighted by atomic mass is 16.2. The number of benzene rings is 1. The molecular formula is C22H23N5O. The summed E-state index contributed by atoms with van der Waals surface area (Å²) < 4.78 is 3.86. The molecule has 0 radical (unpaired) electrons. The zero-order chi connectivity index (χ0) is 19.5.